The van der Waals surface area contributed by atoms with E-state index in [9.17, 15) is 28.8 Å². The van der Waals surface area contributed by atoms with E-state index in [1.165, 1.54) is 31.1 Å². The van der Waals surface area contributed by atoms with Crippen molar-refractivity contribution < 1.29 is 57.2 Å². The van der Waals surface area contributed by atoms with Gasteiger partial charge in [0, 0.05) is 34.9 Å². The van der Waals surface area contributed by atoms with Crippen molar-refractivity contribution in [2.45, 2.75) is 109 Å². The lowest BCUT2D eigenvalue weighted by atomic mass is 10.0. The minimum Gasteiger partial charge on any atom is -0.469 e. The highest BCUT2D eigenvalue weighted by Gasteiger charge is 2.26. The maximum absolute atomic E-state index is 12.7. The van der Waals surface area contributed by atoms with Crippen LogP contribution in [0.1, 0.15) is 71.9 Å². The zero-order valence-electron chi connectivity index (χ0n) is 42.0. The molecule has 6 aromatic carbocycles. The molecule has 15 heteroatoms. The van der Waals surface area contributed by atoms with Crippen molar-refractivity contribution in [3.8, 4) is 17.2 Å². The van der Waals surface area contributed by atoms with E-state index >= 15 is 0 Å². The Bertz CT molecular complexity index is 2730. The highest BCUT2D eigenvalue weighted by molar-refractivity contribution is 8.00. The first kappa shape index (κ1) is 57.8. The van der Waals surface area contributed by atoms with E-state index in [4.69, 9.17) is 14.2 Å². The molecule has 0 saturated carbocycles. The predicted molar refractivity (Wildman–Crippen MR) is 280 cm³/mol. The SMILES string of the molecule is COC(=O)CCC(=O)Oc1c(C)c(C)c(Sc2c(C)ccc(C)c2C)c(C)c1OC(=O)CCC(=O)OC.COC(=O)CCC(=O)Oc1ccc(Sc2ccccc2)cc1.c1ccc(Sc2ccccc2)cc1. The Morgan fingerprint density at radius 3 is 1.08 bits per heavy atom. The average Bonchev–Trinajstić information content (AvgIpc) is 3.39. The molecule has 72 heavy (non-hydrogen) atoms. The summed E-state index contributed by atoms with van der Waals surface area (Å²) in [6.45, 7) is 11.6. The minimum absolute atomic E-state index is 0.00713. The second-order valence-corrected chi connectivity index (χ2v) is 19.2. The van der Waals surface area contributed by atoms with Gasteiger partial charge in [-0.05, 0) is 130 Å². The number of benzene rings is 6. The second kappa shape index (κ2) is 30.2. The van der Waals surface area contributed by atoms with Crippen molar-refractivity contribution in [2.24, 2.45) is 0 Å². The number of methoxy groups -OCH3 is 3. The van der Waals surface area contributed by atoms with Crippen LogP contribution in [-0.4, -0.2) is 57.1 Å². The molecular weight excluding hydrogens is 973 g/mol. The van der Waals surface area contributed by atoms with Crippen molar-refractivity contribution in [3.63, 3.8) is 0 Å². The van der Waals surface area contributed by atoms with Gasteiger partial charge in [-0.3, -0.25) is 28.8 Å². The summed E-state index contributed by atoms with van der Waals surface area (Å²) in [6.07, 6.45) is -0.646. The van der Waals surface area contributed by atoms with Gasteiger partial charge in [-0.25, -0.2) is 0 Å². The predicted octanol–water partition coefficient (Wildman–Crippen LogP) is 12.9. The molecule has 0 fully saturated rings. The van der Waals surface area contributed by atoms with Crippen LogP contribution in [0.15, 0.2) is 157 Å². The number of esters is 6. The van der Waals surface area contributed by atoms with Crippen molar-refractivity contribution in [1.82, 2.24) is 0 Å². The fraction of sp³-hybridized carbons (Fsp3) is 0.263. The van der Waals surface area contributed by atoms with E-state index < -0.39 is 35.8 Å². The summed E-state index contributed by atoms with van der Waals surface area (Å²) < 4.78 is 30.1. The summed E-state index contributed by atoms with van der Waals surface area (Å²) in [6, 6.07) is 42.2. The number of carbonyl (C=O) groups is 6. The largest absolute Gasteiger partial charge is 0.469 e. The number of hydrogen-bond donors (Lipinski definition) is 0. The molecule has 0 heterocycles. The third-order valence-corrected chi connectivity index (χ3v) is 14.4. The first-order valence-electron chi connectivity index (χ1n) is 22.8. The van der Waals surface area contributed by atoms with Crippen LogP contribution in [0, 0.1) is 41.5 Å². The molecule has 0 unspecified atom stereocenters. The van der Waals surface area contributed by atoms with Gasteiger partial charge < -0.3 is 28.4 Å². The highest BCUT2D eigenvalue weighted by atomic mass is 32.2. The van der Waals surface area contributed by atoms with Crippen LogP contribution in [0.25, 0.3) is 0 Å². The van der Waals surface area contributed by atoms with E-state index in [0.29, 0.717) is 16.9 Å². The molecule has 0 aliphatic rings. The number of aryl methyl sites for hydroxylation is 2. The quantitative estimate of drug-likeness (QED) is 0.0454. The van der Waals surface area contributed by atoms with Crippen molar-refractivity contribution in [1.29, 1.82) is 0 Å². The topological polar surface area (TPSA) is 158 Å². The van der Waals surface area contributed by atoms with Crippen LogP contribution in [0.5, 0.6) is 17.2 Å². The van der Waals surface area contributed by atoms with Crippen molar-refractivity contribution >= 4 is 71.1 Å². The van der Waals surface area contributed by atoms with Crippen LogP contribution in [0.3, 0.4) is 0 Å². The molecule has 12 nitrogen and oxygen atoms in total. The zero-order chi connectivity index (χ0) is 52.6. The third-order valence-electron chi connectivity index (χ3n) is 10.7. The van der Waals surface area contributed by atoms with E-state index in [2.05, 4.69) is 88.7 Å². The smallest absolute Gasteiger partial charge is 0.311 e. The molecule has 0 radical (unpaired) electrons. The fourth-order valence-corrected chi connectivity index (χ4v) is 9.39. The lowest BCUT2D eigenvalue weighted by molar-refractivity contribution is -0.145. The van der Waals surface area contributed by atoms with Gasteiger partial charge in [0.25, 0.3) is 0 Å². The Balaban J connectivity index is 0.000000267. The molecule has 0 N–H and O–H groups in total. The van der Waals surface area contributed by atoms with Crippen LogP contribution in [0.2, 0.25) is 0 Å². The minimum atomic E-state index is -0.664. The van der Waals surface area contributed by atoms with E-state index in [-0.39, 0.29) is 50.0 Å². The molecule has 6 rings (SSSR count). The number of ether oxygens (including phenoxy) is 6. The highest BCUT2D eigenvalue weighted by Crippen LogP contribution is 2.47. The second-order valence-electron chi connectivity index (χ2n) is 15.9. The standard InChI is InChI=1S/C28H34O8S.C17H16O4S.C12H10S/c1-15-9-10-16(2)27(17(15)3)37-28-19(5)18(4)25(35-23(31)13-11-21(29)33-7)26(20(28)6)36-24(32)14-12-22(30)34-8;1-20-16(18)11-12-17(19)21-13-7-9-15(10-8-13)22-14-5-3-2-4-6-14;1-3-7-11(8-4-1)13-12-9-5-2-6-10-12/h9-10H,11-14H2,1-8H3;2-10H,11-12H2,1H3;1-10H. The Morgan fingerprint density at radius 1 is 0.333 bits per heavy atom. The van der Waals surface area contributed by atoms with Gasteiger partial charge in [-0.15, -0.1) is 0 Å². The van der Waals surface area contributed by atoms with Crippen LogP contribution in [0.4, 0.5) is 0 Å². The third kappa shape index (κ3) is 19.1. The van der Waals surface area contributed by atoms with E-state index in [0.717, 1.165) is 41.8 Å². The Kier molecular flexibility index (Phi) is 24.2. The summed E-state index contributed by atoms with van der Waals surface area (Å²) >= 11 is 4.98. The van der Waals surface area contributed by atoms with Gasteiger partial charge in [0.05, 0.1) is 59.9 Å². The van der Waals surface area contributed by atoms with Crippen LogP contribution >= 0.6 is 35.3 Å². The van der Waals surface area contributed by atoms with Crippen molar-refractivity contribution in [2.75, 3.05) is 21.3 Å². The summed E-state index contributed by atoms with van der Waals surface area (Å²) in [5.74, 6) is -2.59. The Hall–Kier alpha value is -6.81. The number of carbonyl (C=O) groups excluding carboxylic acids is 6. The maximum Gasteiger partial charge on any atom is 0.311 e. The van der Waals surface area contributed by atoms with Crippen LogP contribution in [-0.2, 0) is 43.0 Å². The fourth-order valence-electron chi connectivity index (χ4n) is 6.39. The van der Waals surface area contributed by atoms with Crippen LogP contribution < -0.4 is 14.2 Å². The lowest BCUT2D eigenvalue weighted by Gasteiger charge is -2.22. The summed E-state index contributed by atoms with van der Waals surface area (Å²) in [5, 5.41) is 0. The van der Waals surface area contributed by atoms with Gasteiger partial charge in [0.1, 0.15) is 5.75 Å². The summed E-state index contributed by atoms with van der Waals surface area (Å²) in [4.78, 5) is 77.5. The van der Waals surface area contributed by atoms with Gasteiger partial charge in [-0.1, -0.05) is 102 Å². The first-order chi connectivity index (χ1) is 34.5. The number of hydrogen-bond acceptors (Lipinski definition) is 15. The zero-order valence-corrected chi connectivity index (χ0v) is 44.4. The van der Waals surface area contributed by atoms with Gasteiger partial charge in [-0.2, -0.15) is 0 Å². The van der Waals surface area contributed by atoms with E-state index in [1.54, 1.807) is 61.3 Å². The molecule has 0 bridgehead atoms. The molecule has 378 valence electrons. The lowest BCUT2D eigenvalue weighted by Crippen LogP contribution is -2.16. The molecule has 0 amide bonds. The van der Waals surface area contributed by atoms with Gasteiger partial charge >= 0.3 is 35.8 Å². The average molecular weight is 1030 g/mol. The molecule has 6 aromatic rings. The van der Waals surface area contributed by atoms with E-state index in [1.807, 2.05) is 68.4 Å². The maximum atomic E-state index is 12.7. The Morgan fingerprint density at radius 2 is 0.681 bits per heavy atom. The normalized spacial score (nSPS) is 10.3. The van der Waals surface area contributed by atoms with Gasteiger partial charge in [0.2, 0.25) is 0 Å². The van der Waals surface area contributed by atoms with Gasteiger partial charge in [0.15, 0.2) is 11.5 Å². The Labute approximate surface area is 434 Å². The van der Waals surface area contributed by atoms with Crippen molar-refractivity contribution in [3.05, 3.63) is 161 Å². The summed E-state index contributed by atoms with van der Waals surface area (Å²) in [5.41, 5.74) is 5.53. The molecular formula is C57H60O12S3. The molecule has 0 aliphatic carbocycles. The molecule has 0 spiro atoms. The monoisotopic (exact) mass is 1030 g/mol. The molecule has 0 aromatic heterocycles. The first-order valence-corrected chi connectivity index (χ1v) is 25.3. The summed E-state index contributed by atoms with van der Waals surface area (Å²) in [7, 11) is 3.77. The molecule has 0 saturated heterocycles. The molecule has 0 atom stereocenters. The molecule has 0 aliphatic heterocycles. The number of rotatable bonds is 18.